The van der Waals surface area contributed by atoms with Crippen LogP contribution in [0.4, 0.5) is 0 Å². The summed E-state index contributed by atoms with van der Waals surface area (Å²) in [5.41, 5.74) is 7.21. The van der Waals surface area contributed by atoms with Crippen LogP contribution >= 0.6 is 0 Å². The molecule has 0 aliphatic rings. The molecule has 0 aliphatic heterocycles. The smallest absolute Gasteiger partial charge is 0.104 e. The Labute approximate surface area is 119 Å². The van der Waals surface area contributed by atoms with Crippen molar-refractivity contribution in [3.63, 3.8) is 0 Å². The first kappa shape index (κ1) is 12.9. The zero-order chi connectivity index (χ0) is 14.0. The minimum Gasteiger partial charge on any atom is -0.469 e. The van der Waals surface area contributed by atoms with Gasteiger partial charge in [-0.05, 0) is 28.5 Å². The standard InChI is InChI=1S/C18H19NO/c1-18(13-19,12-17-7-4-10-20-17)16-9-8-14-5-2-3-6-15(14)11-16/h2-11H,12-13,19H2,1H3. The van der Waals surface area contributed by atoms with E-state index >= 15 is 0 Å². The highest BCUT2D eigenvalue weighted by Crippen LogP contribution is 2.30. The molecule has 0 amide bonds. The van der Waals surface area contributed by atoms with Gasteiger partial charge in [-0.2, -0.15) is 0 Å². The Hall–Kier alpha value is -2.06. The number of fused-ring (bicyclic) bond motifs is 1. The fourth-order valence-electron chi connectivity index (χ4n) is 2.65. The summed E-state index contributed by atoms with van der Waals surface area (Å²) in [6.07, 6.45) is 2.53. The van der Waals surface area contributed by atoms with E-state index in [-0.39, 0.29) is 5.41 Å². The maximum Gasteiger partial charge on any atom is 0.104 e. The van der Waals surface area contributed by atoms with E-state index in [1.165, 1.54) is 16.3 Å². The molecule has 1 unspecified atom stereocenters. The van der Waals surface area contributed by atoms with Crippen molar-refractivity contribution < 1.29 is 4.42 Å². The van der Waals surface area contributed by atoms with Crippen LogP contribution < -0.4 is 5.73 Å². The van der Waals surface area contributed by atoms with Crippen LogP contribution in [0.2, 0.25) is 0 Å². The maximum absolute atomic E-state index is 6.06. The third kappa shape index (κ3) is 2.35. The van der Waals surface area contributed by atoms with Crippen molar-refractivity contribution in [2.75, 3.05) is 6.54 Å². The second-order valence-corrected chi connectivity index (χ2v) is 5.58. The van der Waals surface area contributed by atoms with Crippen LogP contribution in [0.15, 0.2) is 65.3 Å². The van der Waals surface area contributed by atoms with Gasteiger partial charge in [-0.15, -0.1) is 0 Å². The predicted molar refractivity (Wildman–Crippen MR) is 82.8 cm³/mol. The molecule has 0 saturated heterocycles. The molecular weight excluding hydrogens is 246 g/mol. The molecule has 0 saturated carbocycles. The van der Waals surface area contributed by atoms with Gasteiger partial charge in [0.2, 0.25) is 0 Å². The zero-order valence-corrected chi connectivity index (χ0v) is 11.7. The highest BCUT2D eigenvalue weighted by atomic mass is 16.3. The monoisotopic (exact) mass is 265 g/mol. The van der Waals surface area contributed by atoms with E-state index in [1.54, 1.807) is 6.26 Å². The van der Waals surface area contributed by atoms with Crippen LogP contribution in [0.1, 0.15) is 18.2 Å². The second kappa shape index (κ2) is 5.14. The zero-order valence-electron chi connectivity index (χ0n) is 11.7. The summed E-state index contributed by atoms with van der Waals surface area (Å²) >= 11 is 0. The Bertz CT molecular complexity index is 702. The molecular formula is C18H19NO. The molecule has 0 fully saturated rings. The Morgan fingerprint density at radius 3 is 2.50 bits per heavy atom. The molecule has 102 valence electrons. The Kier molecular flexibility index (Phi) is 3.33. The van der Waals surface area contributed by atoms with E-state index in [2.05, 4.69) is 49.4 Å². The van der Waals surface area contributed by atoms with Gasteiger partial charge in [0.25, 0.3) is 0 Å². The number of hydrogen-bond acceptors (Lipinski definition) is 2. The normalized spacial score (nSPS) is 14.3. The topological polar surface area (TPSA) is 39.2 Å². The van der Waals surface area contributed by atoms with Crippen LogP contribution in [0.25, 0.3) is 10.8 Å². The first-order valence-electron chi connectivity index (χ1n) is 6.93. The lowest BCUT2D eigenvalue weighted by molar-refractivity contribution is 0.412. The van der Waals surface area contributed by atoms with Crippen LogP contribution in [-0.4, -0.2) is 6.54 Å². The Morgan fingerprint density at radius 2 is 1.80 bits per heavy atom. The summed E-state index contributed by atoms with van der Waals surface area (Å²) in [7, 11) is 0. The SMILES string of the molecule is CC(CN)(Cc1ccco1)c1ccc2ccccc2c1. The molecule has 0 radical (unpaired) electrons. The van der Waals surface area contributed by atoms with Crippen molar-refractivity contribution in [1.29, 1.82) is 0 Å². The van der Waals surface area contributed by atoms with Crippen molar-refractivity contribution >= 4 is 10.8 Å². The second-order valence-electron chi connectivity index (χ2n) is 5.58. The van der Waals surface area contributed by atoms with Gasteiger partial charge < -0.3 is 10.2 Å². The number of rotatable bonds is 4. The number of hydrogen-bond donors (Lipinski definition) is 1. The van der Waals surface area contributed by atoms with Crippen LogP contribution in [0.3, 0.4) is 0 Å². The van der Waals surface area contributed by atoms with Gasteiger partial charge in [-0.3, -0.25) is 0 Å². The summed E-state index contributed by atoms with van der Waals surface area (Å²) in [4.78, 5) is 0. The van der Waals surface area contributed by atoms with Gasteiger partial charge in [0.05, 0.1) is 6.26 Å². The maximum atomic E-state index is 6.06. The molecule has 1 atom stereocenters. The highest BCUT2D eigenvalue weighted by Gasteiger charge is 2.26. The minimum atomic E-state index is -0.109. The third-order valence-electron chi connectivity index (χ3n) is 4.04. The van der Waals surface area contributed by atoms with Gasteiger partial charge in [0, 0.05) is 18.4 Å². The molecule has 2 heteroatoms. The molecule has 2 nitrogen and oxygen atoms in total. The molecule has 3 aromatic rings. The fraction of sp³-hybridized carbons (Fsp3) is 0.222. The van der Waals surface area contributed by atoms with Crippen molar-refractivity contribution in [3.8, 4) is 0 Å². The lowest BCUT2D eigenvalue weighted by Gasteiger charge is -2.28. The van der Waals surface area contributed by atoms with E-state index in [0.29, 0.717) is 6.54 Å². The first-order chi connectivity index (χ1) is 9.71. The Morgan fingerprint density at radius 1 is 1.00 bits per heavy atom. The molecule has 0 spiro atoms. The first-order valence-corrected chi connectivity index (χ1v) is 6.93. The van der Waals surface area contributed by atoms with Crippen molar-refractivity contribution in [3.05, 3.63) is 72.2 Å². The molecule has 20 heavy (non-hydrogen) atoms. The lowest BCUT2D eigenvalue weighted by atomic mass is 9.78. The summed E-state index contributed by atoms with van der Waals surface area (Å²) < 4.78 is 5.48. The van der Waals surface area contributed by atoms with Crippen LogP contribution in [-0.2, 0) is 11.8 Å². The summed E-state index contributed by atoms with van der Waals surface area (Å²) in [5.74, 6) is 0.978. The number of benzene rings is 2. The van der Waals surface area contributed by atoms with E-state index in [4.69, 9.17) is 10.2 Å². The van der Waals surface area contributed by atoms with Crippen molar-refractivity contribution in [1.82, 2.24) is 0 Å². The average molecular weight is 265 g/mol. The van der Waals surface area contributed by atoms with E-state index in [9.17, 15) is 0 Å². The van der Waals surface area contributed by atoms with Gasteiger partial charge in [-0.1, -0.05) is 49.4 Å². The lowest BCUT2D eigenvalue weighted by Crippen LogP contribution is -2.34. The number of nitrogens with two attached hydrogens (primary N) is 1. The quantitative estimate of drug-likeness (QED) is 0.777. The van der Waals surface area contributed by atoms with E-state index < -0.39 is 0 Å². The predicted octanol–water partition coefficient (Wildman–Crippen LogP) is 3.89. The van der Waals surface area contributed by atoms with E-state index in [1.807, 2.05) is 12.1 Å². The minimum absolute atomic E-state index is 0.109. The molecule has 2 aromatic carbocycles. The third-order valence-corrected chi connectivity index (χ3v) is 4.04. The molecule has 1 heterocycles. The summed E-state index contributed by atoms with van der Waals surface area (Å²) in [6.45, 7) is 2.78. The van der Waals surface area contributed by atoms with Gasteiger partial charge >= 0.3 is 0 Å². The number of furan rings is 1. The van der Waals surface area contributed by atoms with Gasteiger partial charge in [0.1, 0.15) is 5.76 Å². The van der Waals surface area contributed by atoms with Crippen molar-refractivity contribution in [2.45, 2.75) is 18.8 Å². The molecule has 0 bridgehead atoms. The average Bonchev–Trinajstić information content (AvgIpc) is 2.99. The Balaban J connectivity index is 2.01. The molecule has 2 N–H and O–H groups in total. The van der Waals surface area contributed by atoms with Gasteiger partial charge in [0.15, 0.2) is 0 Å². The van der Waals surface area contributed by atoms with Gasteiger partial charge in [-0.25, -0.2) is 0 Å². The van der Waals surface area contributed by atoms with Crippen LogP contribution in [0, 0.1) is 0 Å². The highest BCUT2D eigenvalue weighted by molar-refractivity contribution is 5.83. The molecule has 1 aromatic heterocycles. The summed E-state index contributed by atoms with van der Waals surface area (Å²) in [6, 6.07) is 18.9. The van der Waals surface area contributed by atoms with Crippen LogP contribution in [0.5, 0.6) is 0 Å². The largest absolute Gasteiger partial charge is 0.469 e. The fourth-order valence-corrected chi connectivity index (χ4v) is 2.65. The molecule has 3 rings (SSSR count). The molecule has 0 aliphatic carbocycles. The summed E-state index contributed by atoms with van der Waals surface area (Å²) in [5, 5.41) is 2.51. The van der Waals surface area contributed by atoms with E-state index in [0.717, 1.165) is 12.2 Å². The van der Waals surface area contributed by atoms with Crippen molar-refractivity contribution in [2.24, 2.45) is 5.73 Å².